The Labute approximate surface area is 149 Å². The summed E-state index contributed by atoms with van der Waals surface area (Å²) >= 11 is 1.80. The van der Waals surface area contributed by atoms with Gasteiger partial charge >= 0.3 is 0 Å². The van der Waals surface area contributed by atoms with Gasteiger partial charge in [0, 0.05) is 25.0 Å². The molecule has 2 N–H and O–H groups in total. The molecule has 0 saturated heterocycles. The monoisotopic (exact) mass is 344 g/mol. The molecule has 0 spiro atoms. The lowest BCUT2D eigenvalue weighted by atomic mass is 10.0. The number of hydrogen-bond donors (Lipinski definition) is 2. The van der Waals surface area contributed by atoms with Crippen LogP contribution in [0, 0.1) is 6.92 Å². The molecule has 1 unspecified atom stereocenters. The molecule has 0 aliphatic rings. The van der Waals surface area contributed by atoms with Crippen LogP contribution in [-0.4, -0.2) is 45.1 Å². The second kappa shape index (κ2) is 9.45. The molecule has 2 aromatic rings. The van der Waals surface area contributed by atoms with Gasteiger partial charge in [-0.2, -0.15) is 0 Å². The Morgan fingerprint density at radius 2 is 1.92 bits per heavy atom. The van der Waals surface area contributed by atoms with Crippen molar-refractivity contribution in [1.29, 1.82) is 0 Å². The molecular weight excluding hydrogens is 316 g/mol. The van der Waals surface area contributed by atoms with Crippen molar-refractivity contribution in [1.82, 2.24) is 15.5 Å². The third-order valence-electron chi connectivity index (χ3n) is 4.02. The fourth-order valence-corrected chi connectivity index (χ4v) is 3.27. The maximum atomic E-state index is 4.33. The molecule has 0 fully saturated rings. The molecule has 4 nitrogen and oxygen atoms in total. The van der Waals surface area contributed by atoms with Crippen molar-refractivity contribution in [2.45, 2.75) is 19.4 Å². The van der Waals surface area contributed by atoms with Gasteiger partial charge in [0.05, 0.1) is 6.04 Å². The first kappa shape index (κ1) is 18.5. The average Bonchev–Trinajstić information content (AvgIpc) is 3.08. The van der Waals surface area contributed by atoms with E-state index < -0.39 is 0 Å². The van der Waals surface area contributed by atoms with Gasteiger partial charge in [-0.3, -0.25) is 4.99 Å². The van der Waals surface area contributed by atoms with Gasteiger partial charge in [0.2, 0.25) is 0 Å². The van der Waals surface area contributed by atoms with Gasteiger partial charge in [0.15, 0.2) is 5.96 Å². The summed E-state index contributed by atoms with van der Waals surface area (Å²) in [6.45, 7) is 3.82. The number of rotatable bonds is 7. The van der Waals surface area contributed by atoms with Gasteiger partial charge in [-0.1, -0.05) is 35.9 Å². The second-order valence-corrected chi connectivity index (χ2v) is 7.13. The highest BCUT2D eigenvalue weighted by atomic mass is 32.1. The molecule has 0 bridgehead atoms. The van der Waals surface area contributed by atoms with Crippen molar-refractivity contribution in [3.05, 3.63) is 57.8 Å². The summed E-state index contributed by atoms with van der Waals surface area (Å²) in [5.41, 5.74) is 2.60. The minimum Gasteiger partial charge on any atom is -0.356 e. The van der Waals surface area contributed by atoms with Gasteiger partial charge in [-0.25, -0.2) is 0 Å². The first-order valence-corrected chi connectivity index (χ1v) is 9.18. The molecule has 130 valence electrons. The van der Waals surface area contributed by atoms with Crippen molar-refractivity contribution in [3.8, 4) is 0 Å². The molecule has 0 saturated carbocycles. The topological polar surface area (TPSA) is 39.7 Å². The zero-order chi connectivity index (χ0) is 17.4. The SMILES string of the molecule is CN=C(NCCc1cccs1)NCC(c1ccc(C)cc1)N(C)C. The number of nitrogens with one attached hydrogen (secondary N) is 2. The van der Waals surface area contributed by atoms with Crippen LogP contribution in [0.2, 0.25) is 0 Å². The quantitative estimate of drug-likeness (QED) is 0.599. The summed E-state index contributed by atoms with van der Waals surface area (Å²) in [6.07, 6.45) is 1.02. The van der Waals surface area contributed by atoms with E-state index in [0.717, 1.165) is 25.5 Å². The molecule has 5 heteroatoms. The lowest BCUT2D eigenvalue weighted by molar-refractivity contribution is 0.298. The van der Waals surface area contributed by atoms with E-state index in [9.17, 15) is 0 Å². The zero-order valence-corrected chi connectivity index (χ0v) is 15.9. The van der Waals surface area contributed by atoms with Crippen LogP contribution in [-0.2, 0) is 6.42 Å². The molecule has 0 radical (unpaired) electrons. The Morgan fingerprint density at radius 1 is 1.17 bits per heavy atom. The Balaban J connectivity index is 1.86. The third kappa shape index (κ3) is 5.65. The number of hydrogen-bond acceptors (Lipinski definition) is 3. The zero-order valence-electron chi connectivity index (χ0n) is 15.0. The number of likely N-dealkylation sites (N-methyl/N-ethyl adjacent to an activating group) is 1. The first-order chi connectivity index (χ1) is 11.6. The maximum absolute atomic E-state index is 4.33. The van der Waals surface area contributed by atoms with Crippen LogP contribution in [0.5, 0.6) is 0 Å². The maximum Gasteiger partial charge on any atom is 0.191 e. The summed E-state index contributed by atoms with van der Waals surface area (Å²) in [5, 5.41) is 8.95. The molecule has 0 amide bonds. The highest BCUT2D eigenvalue weighted by Crippen LogP contribution is 2.17. The molecule has 1 atom stereocenters. The minimum absolute atomic E-state index is 0.307. The van der Waals surface area contributed by atoms with Gasteiger partial charge in [0.1, 0.15) is 0 Å². The lowest BCUT2D eigenvalue weighted by Gasteiger charge is -2.26. The Morgan fingerprint density at radius 3 is 2.50 bits per heavy atom. The number of aryl methyl sites for hydroxylation is 1. The molecular formula is C19H28N4S. The average molecular weight is 345 g/mol. The smallest absolute Gasteiger partial charge is 0.191 e. The van der Waals surface area contributed by atoms with E-state index in [1.54, 1.807) is 11.3 Å². The van der Waals surface area contributed by atoms with Crippen LogP contribution >= 0.6 is 11.3 Å². The molecule has 1 aromatic carbocycles. The number of benzene rings is 1. The number of guanidine groups is 1. The Bertz CT molecular complexity index is 617. The number of thiophene rings is 1. The van der Waals surface area contributed by atoms with Gasteiger partial charge < -0.3 is 15.5 Å². The third-order valence-corrected chi connectivity index (χ3v) is 4.95. The van der Waals surface area contributed by atoms with E-state index in [-0.39, 0.29) is 0 Å². The largest absolute Gasteiger partial charge is 0.356 e. The minimum atomic E-state index is 0.307. The van der Waals surface area contributed by atoms with Crippen molar-refractivity contribution in [2.24, 2.45) is 4.99 Å². The first-order valence-electron chi connectivity index (χ1n) is 8.30. The van der Waals surface area contributed by atoms with Crippen molar-refractivity contribution < 1.29 is 0 Å². The molecule has 1 aromatic heterocycles. The van der Waals surface area contributed by atoms with Crippen LogP contribution in [0.15, 0.2) is 46.8 Å². The summed E-state index contributed by atoms with van der Waals surface area (Å²) in [7, 11) is 6.04. The van der Waals surface area contributed by atoms with E-state index in [0.29, 0.717) is 6.04 Å². The van der Waals surface area contributed by atoms with Crippen LogP contribution in [0.3, 0.4) is 0 Å². The number of nitrogens with zero attached hydrogens (tertiary/aromatic N) is 2. The van der Waals surface area contributed by atoms with E-state index >= 15 is 0 Å². The molecule has 2 rings (SSSR count). The number of aliphatic imine (C=N–C) groups is 1. The van der Waals surface area contributed by atoms with E-state index in [4.69, 9.17) is 0 Å². The Hall–Kier alpha value is -1.85. The fourth-order valence-electron chi connectivity index (χ4n) is 2.56. The normalized spacial score (nSPS) is 13.1. The highest BCUT2D eigenvalue weighted by Gasteiger charge is 2.14. The summed E-state index contributed by atoms with van der Waals surface area (Å²) in [4.78, 5) is 7.95. The van der Waals surface area contributed by atoms with Crippen LogP contribution in [0.25, 0.3) is 0 Å². The van der Waals surface area contributed by atoms with Crippen LogP contribution in [0.4, 0.5) is 0 Å². The summed E-state index contributed by atoms with van der Waals surface area (Å²) in [5.74, 6) is 0.852. The van der Waals surface area contributed by atoms with Crippen molar-refractivity contribution in [2.75, 3.05) is 34.2 Å². The van der Waals surface area contributed by atoms with E-state index in [1.807, 2.05) is 7.05 Å². The van der Waals surface area contributed by atoms with Crippen molar-refractivity contribution >= 4 is 17.3 Å². The highest BCUT2D eigenvalue weighted by molar-refractivity contribution is 7.09. The fraction of sp³-hybridized carbons (Fsp3) is 0.421. The van der Waals surface area contributed by atoms with Crippen molar-refractivity contribution in [3.63, 3.8) is 0 Å². The lowest BCUT2D eigenvalue weighted by Crippen LogP contribution is -2.42. The Kier molecular flexibility index (Phi) is 7.28. The van der Waals surface area contributed by atoms with Gasteiger partial charge in [-0.15, -0.1) is 11.3 Å². The summed E-state index contributed by atoms with van der Waals surface area (Å²) in [6, 6.07) is 13.3. The molecule has 24 heavy (non-hydrogen) atoms. The predicted octanol–water partition coefficient (Wildman–Crippen LogP) is 3.07. The second-order valence-electron chi connectivity index (χ2n) is 6.10. The van der Waals surface area contributed by atoms with E-state index in [2.05, 4.69) is 83.3 Å². The van der Waals surface area contributed by atoms with Crippen LogP contribution < -0.4 is 10.6 Å². The summed E-state index contributed by atoms with van der Waals surface area (Å²) < 4.78 is 0. The van der Waals surface area contributed by atoms with Crippen LogP contribution in [0.1, 0.15) is 22.0 Å². The standard InChI is InChI=1S/C19H28N4S/c1-15-7-9-16(10-8-15)18(23(3)4)14-22-19(20-2)21-12-11-17-6-5-13-24-17/h5-10,13,18H,11-12,14H2,1-4H3,(H2,20,21,22). The molecule has 0 aliphatic carbocycles. The predicted molar refractivity (Wildman–Crippen MR) is 105 cm³/mol. The van der Waals surface area contributed by atoms with Gasteiger partial charge in [0.25, 0.3) is 0 Å². The van der Waals surface area contributed by atoms with E-state index in [1.165, 1.54) is 16.0 Å². The van der Waals surface area contributed by atoms with Gasteiger partial charge in [-0.05, 0) is 44.4 Å². The molecule has 1 heterocycles. The molecule has 0 aliphatic heterocycles.